The number of pyridine rings is 1. The summed E-state index contributed by atoms with van der Waals surface area (Å²) < 4.78 is 30.4. The van der Waals surface area contributed by atoms with Crippen molar-refractivity contribution in [1.29, 1.82) is 0 Å². The van der Waals surface area contributed by atoms with Gasteiger partial charge < -0.3 is 14.6 Å². The topological polar surface area (TPSA) is 91.6 Å². The summed E-state index contributed by atoms with van der Waals surface area (Å²) >= 11 is 3.33. The second-order valence-corrected chi connectivity index (χ2v) is 9.83. The molecule has 1 aromatic heterocycles. The van der Waals surface area contributed by atoms with E-state index in [1.807, 2.05) is 19.0 Å². The summed E-state index contributed by atoms with van der Waals surface area (Å²) in [7, 11) is -0.191. The van der Waals surface area contributed by atoms with Crippen molar-refractivity contribution in [2.24, 2.45) is 5.41 Å². The Morgan fingerprint density at radius 3 is 2.61 bits per heavy atom. The molecule has 152 valence electrons. The molecular formula is C19H24BrN3O4S. The molecule has 0 bridgehead atoms. The molecule has 1 unspecified atom stereocenters. The maximum absolute atomic E-state index is 13.0. The zero-order valence-electron chi connectivity index (χ0n) is 16.1. The summed E-state index contributed by atoms with van der Waals surface area (Å²) in [4.78, 5) is 14.8. The van der Waals surface area contributed by atoms with Gasteiger partial charge in [0.15, 0.2) is 0 Å². The predicted molar refractivity (Wildman–Crippen MR) is 114 cm³/mol. The number of hydrogen-bond acceptors (Lipinski definition) is 5. The smallest absolute Gasteiger partial charge is 0.258 e. The first-order chi connectivity index (χ1) is 13.0. The van der Waals surface area contributed by atoms with Crippen LogP contribution in [0.1, 0.15) is 6.92 Å². The first-order valence-corrected chi connectivity index (χ1v) is 10.9. The fourth-order valence-corrected chi connectivity index (χ4v) is 4.26. The van der Waals surface area contributed by atoms with Gasteiger partial charge in [-0.05, 0) is 39.2 Å². The van der Waals surface area contributed by atoms with Gasteiger partial charge in [0, 0.05) is 41.1 Å². The molecule has 0 amide bonds. The minimum atomic E-state index is -3.88. The van der Waals surface area contributed by atoms with Crippen LogP contribution in [0.5, 0.6) is 0 Å². The maximum atomic E-state index is 13.0. The zero-order chi connectivity index (χ0) is 21.1. The van der Waals surface area contributed by atoms with E-state index in [0.717, 1.165) is 0 Å². The van der Waals surface area contributed by atoms with Crippen LogP contribution < -0.4 is 10.3 Å². The van der Waals surface area contributed by atoms with Crippen molar-refractivity contribution in [3.05, 3.63) is 39.2 Å². The van der Waals surface area contributed by atoms with Crippen molar-refractivity contribution >= 4 is 36.7 Å². The van der Waals surface area contributed by atoms with Crippen molar-refractivity contribution in [2.45, 2.75) is 18.4 Å². The molecule has 0 aliphatic carbocycles. The average molecular weight is 470 g/mol. The van der Waals surface area contributed by atoms with Crippen LogP contribution in [0.15, 0.2) is 38.6 Å². The van der Waals surface area contributed by atoms with Gasteiger partial charge in [0.05, 0.1) is 12.0 Å². The Bertz CT molecular complexity index is 1070. The molecule has 9 heteroatoms. The molecular weight excluding hydrogens is 446 g/mol. The van der Waals surface area contributed by atoms with Gasteiger partial charge >= 0.3 is 0 Å². The number of hydrogen-bond donors (Lipinski definition) is 2. The van der Waals surface area contributed by atoms with Crippen molar-refractivity contribution in [1.82, 2.24) is 14.2 Å². The van der Waals surface area contributed by atoms with Crippen molar-refractivity contribution < 1.29 is 13.5 Å². The zero-order valence-corrected chi connectivity index (χ0v) is 18.5. The van der Waals surface area contributed by atoms with E-state index in [-0.39, 0.29) is 35.5 Å². The number of aliphatic hydroxyl groups excluding tert-OH is 1. The summed E-state index contributed by atoms with van der Waals surface area (Å²) in [5, 5.41) is 10.2. The number of aromatic nitrogens is 1. The first kappa shape index (κ1) is 22.6. The van der Waals surface area contributed by atoms with E-state index in [1.165, 1.54) is 10.8 Å². The molecule has 0 saturated heterocycles. The lowest BCUT2D eigenvalue weighted by Gasteiger charge is -2.23. The van der Waals surface area contributed by atoms with Crippen LogP contribution in [0.25, 0.3) is 10.8 Å². The normalized spacial score (nSPS) is 14.2. The standard InChI is InChI=1S/C19H24BrN3O4S/c1-5-19(2,13-24)12-23-11-17(28(26,27)21-8-9-22(3)4)16-10-14(20)6-7-15(16)18(23)25/h1,6-7,10-11,21,24H,8-9,12-13H2,2-4H3. The Labute approximate surface area is 173 Å². The van der Waals surface area contributed by atoms with Gasteiger partial charge in [-0.15, -0.1) is 6.42 Å². The van der Waals surface area contributed by atoms with E-state index in [9.17, 15) is 18.3 Å². The molecule has 2 aromatic rings. The fourth-order valence-electron chi connectivity index (χ4n) is 2.66. The molecule has 28 heavy (non-hydrogen) atoms. The van der Waals surface area contributed by atoms with Crippen LogP contribution in [0, 0.1) is 17.8 Å². The lowest BCUT2D eigenvalue weighted by molar-refractivity contribution is 0.173. The number of nitrogens with zero attached hydrogens (tertiary/aromatic N) is 2. The van der Waals surface area contributed by atoms with E-state index in [2.05, 4.69) is 26.6 Å². The number of aliphatic hydroxyl groups is 1. The van der Waals surface area contributed by atoms with Gasteiger partial charge in [-0.1, -0.05) is 21.9 Å². The number of fused-ring (bicyclic) bond motifs is 1. The number of terminal acetylenes is 1. The van der Waals surface area contributed by atoms with Crippen LogP contribution in [0.2, 0.25) is 0 Å². The van der Waals surface area contributed by atoms with E-state index >= 15 is 0 Å². The third-order valence-corrected chi connectivity index (χ3v) is 6.35. The monoisotopic (exact) mass is 469 g/mol. The van der Waals surface area contributed by atoms with E-state index in [0.29, 0.717) is 16.4 Å². The Morgan fingerprint density at radius 1 is 1.36 bits per heavy atom. The van der Waals surface area contributed by atoms with Crippen LogP contribution in [-0.4, -0.2) is 56.8 Å². The molecule has 1 atom stereocenters. The highest BCUT2D eigenvalue weighted by atomic mass is 79.9. The van der Waals surface area contributed by atoms with Gasteiger partial charge in [0.1, 0.15) is 4.90 Å². The van der Waals surface area contributed by atoms with Crippen molar-refractivity contribution in [3.63, 3.8) is 0 Å². The number of likely N-dealkylation sites (N-methyl/N-ethyl adjacent to an activating group) is 1. The SMILES string of the molecule is C#CC(C)(CO)Cn1cc(S(=O)(=O)NCCN(C)C)c2cc(Br)ccc2c1=O. The Balaban J connectivity index is 2.67. The molecule has 0 saturated carbocycles. The summed E-state index contributed by atoms with van der Waals surface area (Å²) in [6.07, 6.45) is 6.79. The lowest BCUT2D eigenvalue weighted by atomic mass is 9.93. The quantitative estimate of drug-likeness (QED) is 0.567. The van der Waals surface area contributed by atoms with Crippen LogP contribution in [0.3, 0.4) is 0 Å². The second-order valence-electron chi connectivity index (χ2n) is 7.18. The highest BCUT2D eigenvalue weighted by Gasteiger charge is 2.25. The molecule has 0 fully saturated rings. The van der Waals surface area contributed by atoms with Crippen molar-refractivity contribution in [3.8, 4) is 12.3 Å². The highest BCUT2D eigenvalue weighted by Crippen LogP contribution is 2.25. The third kappa shape index (κ3) is 5.01. The first-order valence-electron chi connectivity index (χ1n) is 8.59. The summed E-state index contributed by atoms with van der Waals surface area (Å²) in [5.41, 5.74) is -1.36. The molecule has 0 spiro atoms. The minimum absolute atomic E-state index is 0.00887. The molecule has 2 rings (SSSR count). The minimum Gasteiger partial charge on any atom is -0.395 e. The summed E-state index contributed by atoms with van der Waals surface area (Å²) in [6.45, 7) is 2.04. The van der Waals surface area contributed by atoms with Gasteiger partial charge in [-0.25, -0.2) is 13.1 Å². The number of halogens is 1. The van der Waals surface area contributed by atoms with Crippen LogP contribution in [-0.2, 0) is 16.6 Å². The van der Waals surface area contributed by atoms with Crippen LogP contribution in [0.4, 0.5) is 0 Å². The average Bonchev–Trinajstić information content (AvgIpc) is 2.63. The highest BCUT2D eigenvalue weighted by molar-refractivity contribution is 9.10. The Hall–Kier alpha value is -1.70. The third-order valence-electron chi connectivity index (χ3n) is 4.37. The maximum Gasteiger partial charge on any atom is 0.258 e. The summed E-state index contributed by atoms with van der Waals surface area (Å²) in [5.74, 6) is 2.48. The van der Waals surface area contributed by atoms with Crippen LogP contribution >= 0.6 is 15.9 Å². The molecule has 1 heterocycles. The molecule has 2 N–H and O–H groups in total. The Kier molecular flexibility index (Phi) is 7.07. The number of benzene rings is 1. The van der Waals surface area contributed by atoms with Gasteiger partial charge in [0.25, 0.3) is 5.56 Å². The van der Waals surface area contributed by atoms with Gasteiger partial charge in [-0.2, -0.15) is 0 Å². The second kappa shape index (κ2) is 8.76. The predicted octanol–water partition coefficient (Wildman–Crippen LogP) is 1.24. The lowest BCUT2D eigenvalue weighted by Crippen LogP contribution is -2.35. The molecule has 0 aliphatic rings. The van der Waals surface area contributed by atoms with E-state index in [1.54, 1.807) is 25.1 Å². The largest absolute Gasteiger partial charge is 0.395 e. The molecule has 1 aromatic carbocycles. The van der Waals surface area contributed by atoms with Crippen molar-refractivity contribution in [2.75, 3.05) is 33.8 Å². The molecule has 0 radical (unpaired) electrons. The van der Waals surface area contributed by atoms with E-state index < -0.39 is 15.4 Å². The molecule has 0 aliphatic heterocycles. The number of sulfonamides is 1. The number of rotatable bonds is 8. The summed E-state index contributed by atoms with van der Waals surface area (Å²) in [6, 6.07) is 4.85. The van der Waals surface area contributed by atoms with E-state index in [4.69, 9.17) is 6.42 Å². The van der Waals surface area contributed by atoms with Gasteiger partial charge in [-0.3, -0.25) is 4.79 Å². The fraction of sp³-hybridized carbons (Fsp3) is 0.421. The number of nitrogens with one attached hydrogen (secondary N) is 1. The molecule has 7 nitrogen and oxygen atoms in total. The Morgan fingerprint density at radius 2 is 2.04 bits per heavy atom. The van der Waals surface area contributed by atoms with Gasteiger partial charge in [0.2, 0.25) is 10.0 Å².